The number of nitrogens with one attached hydrogen (secondary N) is 2. The van der Waals surface area contributed by atoms with Gasteiger partial charge in [0.15, 0.2) is 0 Å². The Labute approximate surface area is 155 Å². The third kappa shape index (κ3) is 5.32. The van der Waals surface area contributed by atoms with Gasteiger partial charge < -0.3 is 10.6 Å². The first-order chi connectivity index (χ1) is 12.7. The predicted octanol–water partition coefficient (Wildman–Crippen LogP) is 4.21. The molecule has 1 aliphatic heterocycles. The van der Waals surface area contributed by atoms with Gasteiger partial charge in [-0.25, -0.2) is 4.39 Å². The lowest BCUT2D eigenvalue weighted by Gasteiger charge is -2.23. The summed E-state index contributed by atoms with van der Waals surface area (Å²) in [6.45, 7) is 3.44. The van der Waals surface area contributed by atoms with E-state index in [1.165, 1.54) is 44.2 Å². The second-order valence-corrected chi connectivity index (χ2v) is 6.89. The van der Waals surface area contributed by atoms with E-state index >= 15 is 0 Å². The number of hydrogen-bond donors (Lipinski definition) is 2. The van der Waals surface area contributed by atoms with Crippen LogP contribution in [0.3, 0.4) is 0 Å². The molecule has 1 aliphatic carbocycles. The van der Waals surface area contributed by atoms with E-state index < -0.39 is 0 Å². The van der Waals surface area contributed by atoms with E-state index in [9.17, 15) is 4.39 Å². The van der Waals surface area contributed by atoms with E-state index in [0.29, 0.717) is 24.1 Å². The van der Waals surface area contributed by atoms with Crippen LogP contribution in [0, 0.1) is 29.5 Å². The molecule has 1 aromatic carbocycles. The molecule has 2 N–H and O–H groups in total. The average Bonchev–Trinajstić information content (AvgIpc) is 2.66. The largest absolute Gasteiger partial charge is 0.326 e. The molecule has 1 aromatic rings. The molecule has 4 nitrogen and oxygen atoms in total. The Balaban J connectivity index is 1.70. The quantitative estimate of drug-likeness (QED) is 0.799. The van der Waals surface area contributed by atoms with Gasteiger partial charge in [-0.3, -0.25) is 9.98 Å². The minimum atomic E-state index is -0.275. The number of amidine groups is 1. The molecule has 0 spiro atoms. The summed E-state index contributed by atoms with van der Waals surface area (Å²) in [5.74, 6) is 8.59. The molecule has 138 valence electrons. The number of nitrogens with zero attached hydrogens (tertiary/aromatic N) is 2. The summed E-state index contributed by atoms with van der Waals surface area (Å²) in [5.41, 5.74) is 0.665. The molecule has 0 amide bonds. The van der Waals surface area contributed by atoms with E-state index in [4.69, 9.17) is 0 Å². The Morgan fingerprint density at radius 2 is 2.12 bits per heavy atom. The number of rotatable bonds is 3. The van der Waals surface area contributed by atoms with Crippen molar-refractivity contribution < 1.29 is 4.39 Å². The van der Waals surface area contributed by atoms with Gasteiger partial charge in [-0.05, 0) is 37.5 Å². The van der Waals surface area contributed by atoms with Gasteiger partial charge in [-0.2, -0.15) is 0 Å². The van der Waals surface area contributed by atoms with Crippen LogP contribution in [-0.4, -0.2) is 24.9 Å². The number of aliphatic imine (C=N–C) groups is 2. The zero-order chi connectivity index (χ0) is 18.2. The Bertz CT molecular complexity index is 723. The second-order valence-electron chi connectivity index (χ2n) is 6.89. The molecule has 0 aromatic heterocycles. The Morgan fingerprint density at radius 3 is 2.88 bits per heavy atom. The van der Waals surface area contributed by atoms with Crippen LogP contribution in [0.25, 0.3) is 0 Å². The molecule has 1 atom stereocenters. The van der Waals surface area contributed by atoms with Crippen molar-refractivity contribution in [1.29, 1.82) is 0 Å². The maximum Gasteiger partial charge on any atom is 0.201 e. The molecule has 1 saturated carbocycles. The lowest BCUT2D eigenvalue weighted by atomic mass is 9.89. The molecule has 26 heavy (non-hydrogen) atoms. The zero-order valence-electron chi connectivity index (χ0n) is 15.4. The lowest BCUT2D eigenvalue weighted by Crippen LogP contribution is -2.44. The van der Waals surface area contributed by atoms with Gasteiger partial charge in [0.1, 0.15) is 11.7 Å². The van der Waals surface area contributed by atoms with Crippen LogP contribution >= 0.6 is 0 Å². The van der Waals surface area contributed by atoms with Gasteiger partial charge in [-0.15, -0.1) is 0 Å². The molecular weight excluding hydrogens is 327 g/mol. The van der Waals surface area contributed by atoms with Crippen molar-refractivity contribution in [2.75, 3.05) is 18.4 Å². The van der Waals surface area contributed by atoms with Crippen LogP contribution in [0.5, 0.6) is 0 Å². The standard InChI is InChI=1S/C21H27FN4/c1-2-13-23-20-17(12-11-16-7-4-3-5-8-16)15-24-21(26-20)25-19-10-6-9-18(22)14-19/h6,9-10,14,16-17H,2-5,7-8,13,15H2,1H3,(H2,23,24,25,26). The van der Waals surface area contributed by atoms with Crippen LogP contribution in [0.4, 0.5) is 10.1 Å². The van der Waals surface area contributed by atoms with Gasteiger partial charge in [-0.1, -0.05) is 44.1 Å². The third-order valence-corrected chi connectivity index (χ3v) is 4.67. The summed E-state index contributed by atoms with van der Waals surface area (Å²) in [4.78, 5) is 9.21. The normalized spacial score (nSPS) is 22.2. The number of anilines is 1. The summed E-state index contributed by atoms with van der Waals surface area (Å²) in [7, 11) is 0. The highest BCUT2D eigenvalue weighted by Crippen LogP contribution is 2.23. The van der Waals surface area contributed by atoms with E-state index in [-0.39, 0.29) is 11.7 Å². The second kappa shape index (κ2) is 9.38. The van der Waals surface area contributed by atoms with Crippen LogP contribution in [-0.2, 0) is 0 Å². The number of benzene rings is 1. The Morgan fingerprint density at radius 1 is 1.27 bits per heavy atom. The Hall–Kier alpha value is -2.35. The summed E-state index contributed by atoms with van der Waals surface area (Å²) in [6, 6.07) is 6.35. The summed E-state index contributed by atoms with van der Waals surface area (Å²) < 4.78 is 13.4. The van der Waals surface area contributed by atoms with Crippen molar-refractivity contribution in [3.8, 4) is 11.8 Å². The van der Waals surface area contributed by atoms with Crippen molar-refractivity contribution >= 4 is 17.5 Å². The summed E-state index contributed by atoms with van der Waals surface area (Å²) >= 11 is 0. The van der Waals surface area contributed by atoms with Gasteiger partial charge in [0.2, 0.25) is 5.96 Å². The summed E-state index contributed by atoms with van der Waals surface area (Å²) in [5, 5.41) is 6.38. The first-order valence-electron chi connectivity index (χ1n) is 9.64. The van der Waals surface area contributed by atoms with Crippen LogP contribution in [0.2, 0.25) is 0 Å². The van der Waals surface area contributed by atoms with Crippen molar-refractivity contribution in [2.24, 2.45) is 21.8 Å². The first-order valence-corrected chi connectivity index (χ1v) is 9.64. The average molecular weight is 354 g/mol. The van der Waals surface area contributed by atoms with Crippen LogP contribution in [0.1, 0.15) is 45.4 Å². The minimum absolute atomic E-state index is 0.0153. The lowest BCUT2D eigenvalue weighted by molar-refractivity contribution is 0.430. The van der Waals surface area contributed by atoms with Crippen LogP contribution in [0.15, 0.2) is 34.3 Å². The highest BCUT2D eigenvalue weighted by Gasteiger charge is 2.21. The molecule has 5 heteroatoms. The Kier molecular flexibility index (Phi) is 6.65. The van der Waals surface area contributed by atoms with E-state index in [1.54, 1.807) is 6.07 Å². The van der Waals surface area contributed by atoms with Crippen molar-refractivity contribution in [3.63, 3.8) is 0 Å². The molecule has 0 radical (unpaired) electrons. The fourth-order valence-corrected chi connectivity index (χ4v) is 3.25. The SMILES string of the molecule is CCCN=C1NC(Nc2cccc(F)c2)=NCC1C#CC1CCCCC1. The van der Waals surface area contributed by atoms with E-state index in [1.807, 2.05) is 6.07 Å². The third-order valence-electron chi connectivity index (χ3n) is 4.67. The maximum absolute atomic E-state index is 13.4. The van der Waals surface area contributed by atoms with Gasteiger partial charge in [0.05, 0.1) is 12.5 Å². The fraction of sp³-hybridized carbons (Fsp3) is 0.524. The summed E-state index contributed by atoms with van der Waals surface area (Å²) in [6.07, 6.45) is 7.33. The molecule has 1 fully saturated rings. The molecule has 0 bridgehead atoms. The van der Waals surface area contributed by atoms with Gasteiger partial charge in [0.25, 0.3) is 0 Å². The smallest absolute Gasteiger partial charge is 0.201 e. The van der Waals surface area contributed by atoms with Crippen molar-refractivity contribution in [1.82, 2.24) is 5.32 Å². The maximum atomic E-state index is 13.4. The molecule has 1 unspecified atom stereocenters. The highest BCUT2D eigenvalue weighted by atomic mass is 19.1. The monoisotopic (exact) mass is 354 g/mol. The van der Waals surface area contributed by atoms with Crippen molar-refractivity contribution in [3.05, 3.63) is 30.1 Å². The molecule has 1 heterocycles. The topological polar surface area (TPSA) is 48.8 Å². The molecular formula is C21H27FN4. The predicted molar refractivity (Wildman–Crippen MR) is 106 cm³/mol. The highest BCUT2D eigenvalue weighted by molar-refractivity contribution is 6.09. The number of halogens is 1. The van der Waals surface area contributed by atoms with E-state index in [2.05, 4.69) is 39.4 Å². The van der Waals surface area contributed by atoms with Gasteiger partial charge >= 0.3 is 0 Å². The molecule has 0 saturated heterocycles. The molecule has 3 rings (SSSR count). The van der Waals surface area contributed by atoms with Gasteiger partial charge in [0, 0.05) is 18.2 Å². The minimum Gasteiger partial charge on any atom is -0.326 e. The zero-order valence-corrected chi connectivity index (χ0v) is 15.4. The van der Waals surface area contributed by atoms with E-state index in [0.717, 1.165) is 18.8 Å². The number of hydrogen-bond acceptors (Lipinski definition) is 3. The fourth-order valence-electron chi connectivity index (χ4n) is 3.25. The first kappa shape index (κ1) is 18.4. The molecule has 2 aliphatic rings. The number of guanidine groups is 1. The van der Waals surface area contributed by atoms with Crippen molar-refractivity contribution in [2.45, 2.75) is 45.4 Å². The van der Waals surface area contributed by atoms with Crippen LogP contribution < -0.4 is 10.6 Å².